The van der Waals surface area contributed by atoms with E-state index >= 15 is 0 Å². The first-order chi connectivity index (χ1) is 14.2. The van der Waals surface area contributed by atoms with Gasteiger partial charge in [0, 0.05) is 41.4 Å². The first kappa shape index (κ1) is 19.0. The summed E-state index contributed by atoms with van der Waals surface area (Å²) in [5.74, 6) is 0.872. The molecule has 0 N–H and O–H groups in total. The van der Waals surface area contributed by atoms with Crippen LogP contribution in [0.25, 0.3) is 17.1 Å². The fourth-order valence-electron chi connectivity index (χ4n) is 2.88. The lowest BCUT2D eigenvalue weighted by Gasteiger charge is -2.10. The fourth-order valence-corrected chi connectivity index (χ4v) is 3.77. The quantitative estimate of drug-likeness (QED) is 0.326. The number of ketones is 1. The van der Waals surface area contributed by atoms with Gasteiger partial charge >= 0.3 is 0 Å². The van der Waals surface area contributed by atoms with Crippen LogP contribution in [0.2, 0.25) is 0 Å². The molecule has 0 aliphatic rings. The SMILES string of the molecule is O=C(CCSc1nnc(-c2ccncc2)n1-c1ccccc1)c1ccc(F)cc1. The number of carbonyl (C=O) groups excluding carboxylic acids is 1. The van der Waals surface area contributed by atoms with Crippen LogP contribution in [0.5, 0.6) is 0 Å². The van der Waals surface area contributed by atoms with E-state index in [4.69, 9.17) is 0 Å². The van der Waals surface area contributed by atoms with Crippen LogP contribution in [-0.2, 0) is 0 Å². The minimum atomic E-state index is -0.351. The van der Waals surface area contributed by atoms with Crippen molar-refractivity contribution in [1.82, 2.24) is 19.7 Å². The van der Waals surface area contributed by atoms with Gasteiger partial charge in [-0.1, -0.05) is 30.0 Å². The fraction of sp³-hybridized carbons (Fsp3) is 0.0909. The van der Waals surface area contributed by atoms with Gasteiger partial charge in [0.15, 0.2) is 16.8 Å². The highest BCUT2D eigenvalue weighted by Gasteiger charge is 2.16. The Hall–Kier alpha value is -3.32. The molecule has 0 saturated carbocycles. The normalized spacial score (nSPS) is 10.8. The molecular formula is C22H17FN4OS. The van der Waals surface area contributed by atoms with Crippen LogP contribution < -0.4 is 0 Å². The third-order valence-electron chi connectivity index (χ3n) is 4.31. The van der Waals surface area contributed by atoms with E-state index in [1.165, 1.54) is 36.0 Å². The van der Waals surface area contributed by atoms with E-state index in [0.29, 0.717) is 28.7 Å². The highest BCUT2D eigenvalue weighted by atomic mass is 32.2. The number of hydrogen-bond donors (Lipinski definition) is 0. The van der Waals surface area contributed by atoms with Gasteiger partial charge < -0.3 is 0 Å². The lowest BCUT2D eigenvalue weighted by Crippen LogP contribution is -2.03. The first-order valence-electron chi connectivity index (χ1n) is 9.05. The molecule has 0 atom stereocenters. The minimum Gasteiger partial charge on any atom is -0.294 e. The maximum Gasteiger partial charge on any atom is 0.196 e. The summed E-state index contributed by atoms with van der Waals surface area (Å²) in [5, 5.41) is 9.41. The molecule has 2 heterocycles. The zero-order valence-corrected chi connectivity index (χ0v) is 16.2. The van der Waals surface area contributed by atoms with E-state index in [9.17, 15) is 9.18 Å². The number of aromatic nitrogens is 4. The molecular weight excluding hydrogens is 387 g/mol. The molecule has 0 amide bonds. The second-order valence-corrected chi connectivity index (χ2v) is 7.30. The zero-order valence-electron chi connectivity index (χ0n) is 15.4. The number of para-hydroxylation sites is 1. The van der Waals surface area contributed by atoms with Crippen LogP contribution in [0.3, 0.4) is 0 Å². The zero-order chi connectivity index (χ0) is 20.1. The average molecular weight is 404 g/mol. The molecule has 0 fully saturated rings. The van der Waals surface area contributed by atoms with E-state index in [0.717, 1.165) is 11.3 Å². The minimum absolute atomic E-state index is 0.0300. The third kappa shape index (κ3) is 4.41. The highest BCUT2D eigenvalue weighted by Crippen LogP contribution is 2.28. The Kier molecular flexibility index (Phi) is 5.76. The number of rotatable bonds is 7. The molecule has 4 aromatic rings. The number of nitrogens with zero attached hydrogens (tertiary/aromatic N) is 4. The van der Waals surface area contributed by atoms with Gasteiger partial charge in [0.1, 0.15) is 5.82 Å². The lowest BCUT2D eigenvalue weighted by atomic mass is 10.1. The molecule has 0 radical (unpaired) electrons. The van der Waals surface area contributed by atoms with Crippen molar-refractivity contribution in [2.45, 2.75) is 11.6 Å². The molecule has 0 aliphatic carbocycles. The van der Waals surface area contributed by atoms with Crippen LogP contribution in [0.1, 0.15) is 16.8 Å². The molecule has 7 heteroatoms. The summed E-state index contributed by atoms with van der Waals surface area (Å²) in [4.78, 5) is 16.4. The van der Waals surface area contributed by atoms with Crippen LogP contribution in [0.15, 0.2) is 84.3 Å². The van der Waals surface area contributed by atoms with E-state index in [-0.39, 0.29) is 11.6 Å². The Morgan fingerprint density at radius 3 is 2.38 bits per heavy atom. The van der Waals surface area contributed by atoms with Crippen LogP contribution >= 0.6 is 11.8 Å². The Labute approximate surface area is 171 Å². The summed E-state index contributed by atoms with van der Waals surface area (Å²) in [6.07, 6.45) is 3.75. The number of benzene rings is 2. The van der Waals surface area contributed by atoms with Crippen LogP contribution in [0.4, 0.5) is 4.39 Å². The van der Waals surface area contributed by atoms with Crippen molar-refractivity contribution in [3.05, 3.63) is 90.5 Å². The van der Waals surface area contributed by atoms with E-state index in [1.807, 2.05) is 47.0 Å². The molecule has 2 aromatic carbocycles. The number of halogens is 1. The molecule has 2 aromatic heterocycles. The summed E-state index contributed by atoms with van der Waals surface area (Å²) < 4.78 is 15.0. The van der Waals surface area contributed by atoms with Crippen molar-refractivity contribution >= 4 is 17.5 Å². The van der Waals surface area contributed by atoms with Gasteiger partial charge in [-0.05, 0) is 48.5 Å². The average Bonchev–Trinajstić information content (AvgIpc) is 3.19. The molecule has 0 bridgehead atoms. The Morgan fingerprint density at radius 2 is 1.66 bits per heavy atom. The number of pyridine rings is 1. The smallest absolute Gasteiger partial charge is 0.196 e. The van der Waals surface area contributed by atoms with Crippen molar-refractivity contribution < 1.29 is 9.18 Å². The van der Waals surface area contributed by atoms with Gasteiger partial charge in [0.2, 0.25) is 0 Å². The van der Waals surface area contributed by atoms with Crippen molar-refractivity contribution in [2.24, 2.45) is 0 Å². The Bertz CT molecular complexity index is 1100. The topological polar surface area (TPSA) is 60.7 Å². The molecule has 5 nitrogen and oxygen atoms in total. The highest BCUT2D eigenvalue weighted by molar-refractivity contribution is 7.99. The lowest BCUT2D eigenvalue weighted by molar-refractivity contribution is 0.0989. The number of Topliss-reactive ketones (excluding diaryl/α,β-unsaturated/α-hetero) is 1. The summed E-state index contributed by atoms with van der Waals surface area (Å²) in [7, 11) is 0. The summed E-state index contributed by atoms with van der Waals surface area (Å²) >= 11 is 1.46. The van der Waals surface area contributed by atoms with Crippen molar-refractivity contribution in [3.8, 4) is 17.1 Å². The molecule has 0 saturated heterocycles. The molecule has 0 spiro atoms. The molecule has 0 aliphatic heterocycles. The van der Waals surface area contributed by atoms with Crippen LogP contribution in [0, 0.1) is 5.82 Å². The maximum absolute atomic E-state index is 13.0. The van der Waals surface area contributed by atoms with Gasteiger partial charge in [-0.2, -0.15) is 0 Å². The van der Waals surface area contributed by atoms with Gasteiger partial charge in [-0.25, -0.2) is 4.39 Å². The van der Waals surface area contributed by atoms with Gasteiger partial charge in [0.25, 0.3) is 0 Å². The molecule has 29 heavy (non-hydrogen) atoms. The predicted octanol–water partition coefficient (Wildman–Crippen LogP) is 4.83. The van der Waals surface area contributed by atoms with Crippen molar-refractivity contribution in [2.75, 3.05) is 5.75 Å². The number of carbonyl (C=O) groups is 1. The second kappa shape index (κ2) is 8.79. The van der Waals surface area contributed by atoms with Crippen molar-refractivity contribution in [1.29, 1.82) is 0 Å². The monoisotopic (exact) mass is 404 g/mol. The maximum atomic E-state index is 13.0. The standard InChI is InChI=1S/C22H17FN4OS/c23-18-8-6-16(7-9-18)20(28)12-15-29-22-26-25-21(17-10-13-24-14-11-17)27(22)19-4-2-1-3-5-19/h1-11,13-14H,12,15H2. The third-order valence-corrected chi connectivity index (χ3v) is 5.24. The molecule has 4 rings (SSSR count). The Morgan fingerprint density at radius 1 is 0.931 bits per heavy atom. The van der Waals surface area contributed by atoms with Gasteiger partial charge in [0.05, 0.1) is 0 Å². The van der Waals surface area contributed by atoms with Gasteiger partial charge in [-0.3, -0.25) is 14.3 Å². The van der Waals surface area contributed by atoms with E-state index in [2.05, 4.69) is 15.2 Å². The summed E-state index contributed by atoms with van der Waals surface area (Å²) in [6.45, 7) is 0. The molecule has 0 unspecified atom stereocenters. The van der Waals surface area contributed by atoms with Gasteiger partial charge in [-0.15, -0.1) is 10.2 Å². The van der Waals surface area contributed by atoms with E-state index < -0.39 is 0 Å². The second-order valence-electron chi connectivity index (χ2n) is 6.24. The number of thioether (sulfide) groups is 1. The predicted molar refractivity (Wildman–Crippen MR) is 111 cm³/mol. The molecule has 144 valence electrons. The largest absolute Gasteiger partial charge is 0.294 e. The van der Waals surface area contributed by atoms with Crippen LogP contribution in [-0.4, -0.2) is 31.3 Å². The summed E-state index contributed by atoms with van der Waals surface area (Å²) in [6, 6.07) is 19.2. The Balaban J connectivity index is 1.55. The summed E-state index contributed by atoms with van der Waals surface area (Å²) in [5.41, 5.74) is 2.36. The van der Waals surface area contributed by atoms with E-state index in [1.54, 1.807) is 12.4 Å². The number of hydrogen-bond acceptors (Lipinski definition) is 5. The van der Waals surface area contributed by atoms with Crippen molar-refractivity contribution in [3.63, 3.8) is 0 Å². The first-order valence-corrected chi connectivity index (χ1v) is 10.0.